The standard InChI is InChI=1S/C66H38O2/c1-3-21-45-39(15-1)31-33-59-63(45)57-37-55(47-23-5-11-29-53(47)65(57)67-59)41-17-13-19-43(35-41)61-49-25-7-9-27-51(49)62(52-28-10-8-26-50(52)61)44-20-14-18-42(36-44)56-38-58-64-46-22-4-2-16-40(46)32-34-60(64)68-66(58)54-30-12-6-24-48(54)56/h1-38H. The Kier molecular flexibility index (Phi) is 7.81. The molecule has 13 aromatic carbocycles. The summed E-state index contributed by atoms with van der Waals surface area (Å²) in [5, 5.41) is 18.9. The predicted molar refractivity (Wildman–Crippen MR) is 288 cm³/mol. The van der Waals surface area contributed by atoms with Gasteiger partial charge in [0.2, 0.25) is 0 Å². The molecule has 15 aromatic rings. The van der Waals surface area contributed by atoms with Gasteiger partial charge >= 0.3 is 0 Å². The first kappa shape index (κ1) is 37.3. The molecule has 0 fully saturated rings. The van der Waals surface area contributed by atoms with Crippen LogP contribution in [0.5, 0.6) is 0 Å². The second-order valence-corrected chi connectivity index (χ2v) is 18.2. The Morgan fingerprint density at radius 2 is 0.559 bits per heavy atom. The van der Waals surface area contributed by atoms with Crippen LogP contribution in [0, 0.1) is 0 Å². The SMILES string of the molecule is c1cc(-c2c3ccccc3c(-c3cccc(-c4cc5c(oc6ccc7ccccc7c65)c5ccccc45)c3)c3ccccc23)cc(-c2cc3c(oc4ccc5ccccc5c43)c3ccccc23)c1. The highest BCUT2D eigenvalue weighted by Crippen LogP contribution is 2.48. The molecule has 0 unspecified atom stereocenters. The van der Waals surface area contributed by atoms with E-state index in [1.54, 1.807) is 0 Å². The fraction of sp³-hybridized carbons (Fsp3) is 0. The number of hydrogen-bond acceptors (Lipinski definition) is 2. The third-order valence-electron chi connectivity index (χ3n) is 14.6. The van der Waals surface area contributed by atoms with E-state index in [1.165, 1.54) is 98.4 Å². The van der Waals surface area contributed by atoms with Gasteiger partial charge in [-0.25, -0.2) is 0 Å². The minimum absolute atomic E-state index is 0.910. The monoisotopic (exact) mass is 862 g/mol. The fourth-order valence-corrected chi connectivity index (χ4v) is 11.7. The van der Waals surface area contributed by atoms with Crippen LogP contribution in [-0.2, 0) is 0 Å². The smallest absolute Gasteiger partial charge is 0.143 e. The quantitative estimate of drug-likeness (QED) is 0.165. The number of rotatable bonds is 4. The third kappa shape index (κ3) is 5.34. The Balaban J connectivity index is 0.936. The Morgan fingerprint density at radius 1 is 0.221 bits per heavy atom. The Morgan fingerprint density at radius 3 is 0.971 bits per heavy atom. The first-order chi connectivity index (χ1) is 33.7. The van der Waals surface area contributed by atoms with E-state index in [-0.39, 0.29) is 0 Å². The van der Waals surface area contributed by atoms with Gasteiger partial charge in [0.15, 0.2) is 0 Å². The van der Waals surface area contributed by atoms with E-state index < -0.39 is 0 Å². The Hall–Kier alpha value is -8.98. The van der Waals surface area contributed by atoms with Crippen molar-refractivity contribution in [1.82, 2.24) is 0 Å². The van der Waals surface area contributed by atoms with Gasteiger partial charge in [-0.05, 0) is 135 Å². The van der Waals surface area contributed by atoms with Crippen LogP contribution in [0.2, 0.25) is 0 Å². The average Bonchev–Trinajstić information content (AvgIpc) is 3.99. The van der Waals surface area contributed by atoms with Crippen LogP contribution in [-0.4, -0.2) is 0 Å². The number of hydrogen-bond donors (Lipinski definition) is 0. The third-order valence-corrected chi connectivity index (χ3v) is 14.6. The maximum absolute atomic E-state index is 6.69. The summed E-state index contributed by atoms with van der Waals surface area (Å²) < 4.78 is 13.4. The van der Waals surface area contributed by atoms with Crippen LogP contribution >= 0.6 is 0 Å². The molecule has 68 heavy (non-hydrogen) atoms. The molecular formula is C66H38O2. The second-order valence-electron chi connectivity index (χ2n) is 18.2. The Bertz CT molecular complexity index is 4270. The highest BCUT2D eigenvalue weighted by molar-refractivity contribution is 6.28. The van der Waals surface area contributed by atoms with E-state index in [0.29, 0.717) is 0 Å². The topological polar surface area (TPSA) is 26.3 Å². The van der Waals surface area contributed by atoms with Crippen molar-refractivity contribution >= 4 is 109 Å². The lowest BCUT2D eigenvalue weighted by Crippen LogP contribution is -1.92. The summed E-state index contributed by atoms with van der Waals surface area (Å²) >= 11 is 0. The van der Waals surface area contributed by atoms with Crippen molar-refractivity contribution in [2.75, 3.05) is 0 Å². The summed E-state index contributed by atoms with van der Waals surface area (Å²) in [4.78, 5) is 0. The molecule has 2 heteroatoms. The van der Waals surface area contributed by atoms with E-state index in [9.17, 15) is 0 Å². The maximum Gasteiger partial charge on any atom is 0.143 e. The summed E-state index contributed by atoms with van der Waals surface area (Å²) in [6.07, 6.45) is 0. The largest absolute Gasteiger partial charge is 0.455 e. The molecule has 0 aliphatic heterocycles. The zero-order chi connectivity index (χ0) is 44.5. The lowest BCUT2D eigenvalue weighted by molar-refractivity contribution is 0.672. The summed E-state index contributed by atoms with van der Waals surface area (Å²) in [5.41, 5.74) is 13.2. The van der Waals surface area contributed by atoms with Gasteiger partial charge < -0.3 is 8.83 Å². The Labute approximate surface area is 390 Å². The minimum Gasteiger partial charge on any atom is -0.455 e. The molecule has 2 heterocycles. The lowest BCUT2D eigenvalue weighted by atomic mass is 9.84. The molecule has 0 amide bonds. The molecule has 314 valence electrons. The summed E-state index contributed by atoms with van der Waals surface area (Å²) in [6, 6.07) is 84.1. The van der Waals surface area contributed by atoms with E-state index in [2.05, 4.69) is 231 Å². The second kappa shape index (κ2) is 14.3. The molecular weight excluding hydrogens is 825 g/mol. The zero-order valence-electron chi connectivity index (χ0n) is 36.8. The molecule has 0 saturated heterocycles. The van der Waals surface area contributed by atoms with Crippen molar-refractivity contribution < 1.29 is 8.83 Å². The van der Waals surface area contributed by atoms with Gasteiger partial charge in [-0.2, -0.15) is 0 Å². The van der Waals surface area contributed by atoms with Crippen molar-refractivity contribution in [1.29, 1.82) is 0 Å². The highest BCUT2D eigenvalue weighted by Gasteiger charge is 2.22. The van der Waals surface area contributed by atoms with Crippen molar-refractivity contribution in [2.45, 2.75) is 0 Å². The van der Waals surface area contributed by atoms with Crippen LogP contribution in [0.3, 0.4) is 0 Å². The lowest BCUT2D eigenvalue weighted by Gasteiger charge is -2.19. The molecule has 15 rings (SSSR count). The molecule has 0 aliphatic carbocycles. The van der Waals surface area contributed by atoms with E-state index >= 15 is 0 Å². The van der Waals surface area contributed by atoms with Gasteiger partial charge in [-0.15, -0.1) is 0 Å². The van der Waals surface area contributed by atoms with Gasteiger partial charge in [-0.3, -0.25) is 0 Å². The van der Waals surface area contributed by atoms with Crippen LogP contribution in [0.1, 0.15) is 0 Å². The van der Waals surface area contributed by atoms with Crippen molar-refractivity contribution in [3.8, 4) is 44.5 Å². The molecule has 0 aliphatic rings. The van der Waals surface area contributed by atoms with E-state index in [1.807, 2.05) is 0 Å². The van der Waals surface area contributed by atoms with Crippen molar-refractivity contribution in [2.24, 2.45) is 0 Å². The van der Waals surface area contributed by atoms with Gasteiger partial charge in [0.05, 0.1) is 0 Å². The molecule has 2 aromatic heterocycles. The normalized spacial score (nSPS) is 12.1. The zero-order valence-corrected chi connectivity index (χ0v) is 36.8. The summed E-state index contributed by atoms with van der Waals surface area (Å²) in [5.74, 6) is 0. The summed E-state index contributed by atoms with van der Waals surface area (Å²) in [6.45, 7) is 0. The molecule has 0 N–H and O–H groups in total. The van der Waals surface area contributed by atoms with Gasteiger partial charge in [0.1, 0.15) is 22.3 Å². The molecule has 0 spiro atoms. The number of benzene rings is 13. The predicted octanol–water partition coefficient (Wildman–Crippen LogP) is 19.1. The first-order valence-corrected chi connectivity index (χ1v) is 23.4. The van der Waals surface area contributed by atoms with Crippen LogP contribution in [0.15, 0.2) is 239 Å². The minimum atomic E-state index is 0.910. The number of fused-ring (bicyclic) bond motifs is 16. The van der Waals surface area contributed by atoms with E-state index in [4.69, 9.17) is 8.83 Å². The average molecular weight is 863 g/mol. The molecule has 0 bridgehead atoms. The highest BCUT2D eigenvalue weighted by atomic mass is 16.3. The van der Waals surface area contributed by atoms with Gasteiger partial charge in [0, 0.05) is 32.3 Å². The van der Waals surface area contributed by atoms with Gasteiger partial charge in [0.25, 0.3) is 0 Å². The van der Waals surface area contributed by atoms with E-state index in [0.717, 1.165) is 54.6 Å². The molecule has 0 atom stereocenters. The molecule has 2 nitrogen and oxygen atoms in total. The first-order valence-electron chi connectivity index (χ1n) is 23.4. The molecule has 0 saturated carbocycles. The fourth-order valence-electron chi connectivity index (χ4n) is 11.7. The summed E-state index contributed by atoms with van der Waals surface area (Å²) in [7, 11) is 0. The van der Waals surface area contributed by atoms with Crippen molar-refractivity contribution in [3.05, 3.63) is 231 Å². The van der Waals surface area contributed by atoms with Crippen LogP contribution < -0.4 is 0 Å². The van der Waals surface area contributed by atoms with Crippen LogP contribution in [0.25, 0.3) is 153 Å². The number of furan rings is 2. The van der Waals surface area contributed by atoms with Crippen LogP contribution in [0.4, 0.5) is 0 Å². The van der Waals surface area contributed by atoms with Crippen molar-refractivity contribution in [3.63, 3.8) is 0 Å². The maximum atomic E-state index is 6.69. The molecule has 0 radical (unpaired) electrons. The van der Waals surface area contributed by atoms with Gasteiger partial charge in [-0.1, -0.05) is 194 Å².